The summed E-state index contributed by atoms with van der Waals surface area (Å²) in [5, 5.41) is 0.877. The minimum absolute atomic E-state index is 0.00987. The Kier molecular flexibility index (Phi) is 6.32. The number of carbonyl (C=O) groups is 1. The molecule has 0 amide bonds. The second-order valence-electron chi connectivity index (χ2n) is 6.11. The van der Waals surface area contributed by atoms with E-state index in [2.05, 4.69) is 29.5 Å². The molecule has 1 heterocycles. The van der Waals surface area contributed by atoms with E-state index in [1.165, 1.54) is 0 Å². The molecule has 0 saturated carbocycles. The van der Waals surface area contributed by atoms with E-state index in [0.717, 1.165) is 45.3 Å². The van der Waals surface area contributed by atoms with Gasteiger partial charge in [-0.2, -0.15) is 0 Å². The molecule has 0 bridgehead atoms. The zero-order valence-corrected chi connectivity index (χ0v) is 16.9. The van der Waals surface area contributed by atoms with Crippen molar-refractivity contribution in [1.82, 2.24) is 0 Å². The number of benzene rings is 2. The monoisotopic (exact) mass is 463 g/mol. The van der Waals surface area contributed by atoms with Gasteiger partial charge in [0.25, 0.3) is 0 Å². The van der Waals surface area contributed by atoms with E-state index in [1.807, 2.05) is 42.5 Å². The van der Waals surface area contributed by atoms with Crippen LogP contribution < -0.4 is 10.5 Å². The van der Waals surface area contributed by atoms with Crippen LogP contribution in [0.2, 0.25) is 0 Å². The zero-order valence-electron chi connectivity index (χ0n) is 14.8. The number of furan rings is 1. The summed E-state index contributed by atoms with van der Waals surface area (Å²) < 4.78 is 12.5. The molecular formula is C21H22INO3. The van der Waals surface area contributed by atoms with Crippen LogP contribution >= 0.6 is 22.6 Å². The lowest BCUT2D eigenvalue weighted by atomic mass is 9.98. The van der Waals surface area contributed by atoms with Gasteiger partial charge in [-0.3, -0.25) is 4.79 Å². The van der Waals surface area contributed by atoms with Crippen LogP contribution in [0.4, 0.5) is 0 Å². The highest BCUT2D eigenvalue weighted by atomic mass is 127. The molecule has 0 saturated heterocycles. The fourth-order valence-electron chi connectivity index (χ4n) is 2.93. The Balaban J connectivity index is 2.00. The molecule has 0 aliphatic heterocycles. The SMILES string of the molecule is CCCCc1oc2ccccc2c1C(=O)c1ccc(OCCN)c(I)c1. The molecule has 0 aliphatic carbocycles. The number of nitrogens with two attached hydrogens (primary N) is 1. The van der Waals surface area contributed by atoms with E-state index in [0.29, 0.717) is 24.3 Å². The van der Waals surface area contributed by atoms with Crippen molar-refractivity contribution in [3.8, 4) is 5.75 Å². The molecular weight excluding hydrogens is 441 g/mol. The van der Waals surface area contributed by atoms with Gasteiger partial charge in [0.2, 0.25) is 0 Å². The third-order valence-corrected chi connectivity index (χ3v) is 5.07. The number of ketones is 1. The fourth-order valence-corrected chi connectivity index (χ4v) is 3.60. The van der Waals surface area contributed by atoms with Gasteiger partial charge in [-0.05, 0) is 53.3 Å². The zero-order chi connectivity index (χ0) is 18.5. The first-order valence-corrected chi connectivity index (χ1v) is 9.91. The Hall–Kier alpha value is -1.86. The predicted octanol–water partition coefficient (Wildman–Crippen LogP) is 4.95. The Bertz CT molecular complexity index is 917. The lowest BCUT2D eigenvalue weighted by Crippen LogP contribution is -2.11. The lowest BCUT2D eigenvalue weighted by molar-refractivity contribution is 0.103. The first-order chi connectivity index (χ1) is 12.7. The predicted molar refractivity (Wildman–Crippen MR) is 112 cm³/mol. The Morgan fingerprint density at radius 3 is 2.77 bits per heavy atom. The molecule has 136 valence electrons. The van der Waals surface area contributed by atoms with Crippen molar-refractivity contribution in [1.29, 1.82) is 0 Å². The van der Waals surface area contributed by atoms with Crippen LogP contribution in [-0.4, -0.2) is 18.9 Å². The van der Waals surface area contributed by atoms with Crippen molar-refractivity contribution in [3.05, 3.63) is 62.9 Å². The number of hydrogen-bond donors (Lipinski definition) is 1. The van der Waals surface area contributed by atoms with E-state index >= 15 is 0 Å². The average Bonchev–Trinajstić information content (AvgIpc) is 3.03. The minimum Gasteiger partial charge on any atom is -0.491 e. The van der Waals surface area contributed by atoms with E-state index in [9.17, 15) is 4.79 Å². The van der Waals surface area contributed by atoms with Gasteiger partial charge in [0, 0.05) is 23.9 Å². The van der Waals surface area contributed by atoms with Crippen molar-refractivity contribution in [2.24, 2.45) is 5.73 Å². The highest BCUT2D eigenvalue weighted by Gasteiger charge is 2.22. The number of ether oxygens (including phenoxy) is 1. The van der Waals surface area contributed by atoms with Crippen molar-refractivity contribution >= 4 is 39.3 Å². The van der Waals surface area contributed by atoms with Crippen LogP contribution in [0.25, 0.3) is 11.0 Å². The molecule has 3 aromatic rings. The summed E-state index contributed by atoms with van der Waals surface area (Å²) >= 11 is 2.18. The topological polar surface area (TPSA) is 65.5 Å². The number of halogens is 1. The molecule has 2 aromatic carbocycles. The van der Waals surface area contributed by atoms with Crippen LogP contribution in [0.5, 0.6) is 5.75 Å². The second-order valence-corrected chi connectivity index (χ2v) is 7.27. The van der Waals surface area contributed by atoms with Crippen molar-refractivity contribution in [3.63, 3.8) is 0 Å². The van der Waals surface area contributed by atoms with Crippen LogP contribution in [0.1, 0.15) is 41.4 Å². The lowest BCUT2D eigenvalue weighted by Gasteiger charge is -2.09. The first kappa shape index (κ1) is 18.9. The van der Waals surface area contributed by atoms with Gasteiger partial charge in [0.05, 0.1) is 9.13 Å². The number of aryl methyl sites for hydroxylation is 1. The second kappa shape index (κ2) is 8.68. The Morgan fingerprint density at radius 2 is 2.04 bits per heavy atom. The summed E-state index contributed by atoms with van der Waals surface area (Å²) in [6, 6.07) is 13.2. The molecule has 1 aromatic heterocycles. The molecule has 0 spiro atoms. The van der Waals surface area contributed by atoms with Crippen molar-refractivity contribution in [2.75, 3.05) is 13.2 Å². The quantitative estimate of drug-likeness (QED) is 0.379. The number of carbonyl (C=O) groups excluding carboxylic acids is 1. The number of unbranched alkanes of at least 4 members (excludes halogenated alkanes) is 1. The maximum absolute atomic E-state index is 13.3. The van der Waals surface area contributed by atoms with Gasteiger partial charge in [0.1, 0.15) is 23.7 Å². The third kappa shape index (κ3) is 3.94. The fraction of sp³-hybridized carbons (Fsp3) is 0.286. The number of para-hydroxylation sites is 1. The number of fused-ring (bicyclic) bond motifs is 1. The third-order valence-electron chi connectivity index (χ3n) is 4.22. The van der Waals surface area contributed by atoms with E-state index in [-0.39, 0.29) is 5.78 Å². The molecule has 2 N–H and O–H groups in total. The van der Waals surface area contributed by atoms with Gasteiger partial charge in [0.15, 0.2) is 5.78 Å². The molecule has 4 nitrogen and oxygen atoms in total. The summed E-state index contributed by atoms with van der Waals surface area (Å²) in [6.45, 7) is 3.04. The van der Waals surface area contributed by atoms with Gasteiger partial charge in [-0.15, -0.1) is 0 Å². The molecule has 0 unspecified atom stereocenters. The highest BCUT2D eigenvalue weighted by Crippen LogP contribution is 2.31. The molecule has 0 aliphatic rings. The van der Waals surface area contributed by atoms with Gasteiger partial charge in [-0.25, -0.2) is 0 Å². The Labute approximate surface area is 166 Å². The number of hydrogen-bond acceptors (Lipinski definition) is 4. The largest absolute Gasteiger partial charge is 0.491 e. The highest BCUT2D eigenvalue weighted by molar-refractivity contribution is 14.1. The summed E-state index contributed by atoms with van der Waals surface area (Å²) in [7, 11) is 0. The molecule has 0 radical (unpaired) electrons. The normalized spacial score (nSPS) is 11.0. The maximum Gasteiger partial charge on any atom is 0.197 e. The van der Waals surface area contributed by atoms with Crippen LogP contribution in [0, 0.1) is 3.57 Å². The molecule has 5 heteroatoms. The van der Waals surface area contributed by atoms with Crippen molar-refractivity contribution in [2.45, 2.75) is 26.2 Å². The van der Waals surface area contributed by atoms with Gasteiger partial charge in [-0.1, -0.05) is 31.5 Å². The molecule has 26 heavy (non-hydrogen) atoms. The van der Waals surface area contributed by atoms with E-state index in [4.69, 9.17) is 14.9 Å². The first-order valence-electron chi connectivity index (χ1n) is 8.83. The summed E-state index contributed by atoms with van der Waals surface area (Å²) in [6.07, 6.45) is 2.81. The molecule has 0 fully saturated rings. The van der Waals surface area contributed by atoms with Gasteiger partial charge < -0.3 is 14.9 Å². The molecule has 0 atom stereocenters. The maximum atomic E-state index is 13.3. The van der Waals surface area contributed by atoms with Crippen LogP contribution in [0.15, 0.2) is 46.9 Å². The van der Waals surface area contributed by atoms with E-state index in [1.54, 1.807) is 0 Å². The molecule has 3 rings (SSSR count). The summed E-state index contributed by atoms with van der Waals surface area (Å²) in [5.74, 6) is 1.51. The average molecular weight is 463 g/mol. The standard InChI is InChI=1S/C21H22INO3/c1-2-3-7-19-20(15-6-4-5-8-17(15)26-19)21(24)14-9-10-18(16(22)13-14)25-12-11-23/h4-6,8-10,13H,2-3,7,11-12,23H2,1H3. The smallest absolute Gasteiger partial charge is 0.197 e. The minimum atomic E-state index is -0.00987. The van der Waals surface area contributed by atoms with E-state index < -0.39 is 0 Å². The van der Waals surface area contributed by atoms with Crippen LogP contribution in [-0.2, 0) is 6.42 Å². The van der Waals surface area contributed by atoms with Gasteiger partial charge >= 0.3 is 0 Å². The number of rotatable bonds is 8. The Morgan fingerprint density at radius 1 is 1.23 bits per heavy atom. The van der Waals surface area contributed by atoms with Crippen LogP contribution in [0.3, 0.4) is 0 Å². The summed E-state index contributed by atoms with van der Waals surface area (Å²) in [4.78, 5) is 13.3. The summed E-state index contributed by atoms with van der Waals surface area (Å²) in [5.41, 5.74) is 7.57. The van der Waals surface area contributed by atoms with Crippen molar-refractivity contribution < 1.29 is 13.9 Å².